The van der Waals surface area contributed by atoms with Gasteiger partial charge in [0.25, 0.3) is 0 Å². The zero-order chi connectivity index (χ0) is 18.3. The number of hydrogen-bond acceptors (Lipinski definition) is 5. The zero-order valence-electron chi connectivity index (χ0n) is 16.3. The number of hydrogen-bond donors (Lipinski definition) is 3. The van der Waals surface area contributed by atoms with Gasteiger partial charge in [-0.05, 0) is 44.2 Å². The normalized spacial score (nSPS) is 16.6. The van der Waals surface area contributed by atoms with Crippen LogP contribution >= 0.6 is 24.0 Å². The highest BCUT2D eigenvalue weighted by molar-refractivity contribution is 14.0. The smallest absolute Gasteiger partial charge is 0.190 e. The Kier molecular flexibility index (Phi) is 14.1. The van der Waals surface area contributed by atoms with Crippen molar-refractivity contribution in [2.75, 3.05) is 51.8 Å². The minimum Gasteiger partial charge on any atom is -0.379 e. The molecule has 0 bridgehead atoms. The summed E-state index contributed by atoms with van der Waals surface area (Å²) in [4.78, 5) is 8.48. The Morgan fingerprint density at radius 2 is 2.04 bits per heavy atom. The van der Waals surface area contributed by atoms with Gasteiger partial charge in [0.15, 0.2) is 5.96 Å². The van der Waals surface area contributed by atoms with Crippen molar-refractivity contribution in [3.63, 3.8) is 0 Å². The average Bonchev–Trinajstić information content (AvgIpc) is 3.19. The Labute approximate surface area is 180 Å². The van der Waals surface area contributed by atoms with E-state index in [1.165, 1.54) is 0 Å². The standard InChI is InChI=1S/C19H33N5O2.HI/c1-20-19(24-13-7-14-25-16-17-8-6-15-26-17)23-12-5-4-11-22-18-9-2-3-10-21-18;/h2-3,9-10,17H,4-8,11-16H2,1H3,(H,21,22)(H2,20,23,24);1H. The number of anilines is 1. The predicted octanol–water partition coefficient (Wildman–Crippen LogP) is 2.64. The molecule has 1 aromatic heterocycles. The second-order valence-electron chi connectivity index (χ2n) is 6.34. The number of unbranched alkanes of at least 4 members (excludes halogenated alkanes) is 1. The summed E-state index contributed by atoms with van der Waals surface area (Å²) in [6.07, 6.45) is 7.52. The van der Waals surface area contributed by atoms with Gasteiger partial charge in [0.05, 0.1) is 12.7 Å². The van der Waals surface area contributed by atoms with Gasteiger partial charge in [0, 0.05) is 46.1 Å². The molecule has 1 aliphatic heterocycles. The highest BCUT2D eigenvalue weighted by Crippen LogP contribution is 2.11. The molecule has 154 valence electrons. The van der Waals surface area contributed by atoms with Gasteiger partial charge in [-0.3, -0.25) is 4.99 Å². The fourth-order valence-electron chi connectivity index (χ4n) is 2.73. The SMILES string of the molecule is CN=C(NCCCCNc1ccccn1)NCCCOCC1CCCO1.I. The molecule has 7 nitrogen and oxygen atoms in total. The van der Waals surface area contributed by atoms with Crippen molar-refractivity contribution in [3.8, 4) is 0 Å². The summed E-state index contributed by atoms with van der Waals surface area (Å²) >= 11 is 0. The molecule has 0 amide bonds. The fourth-order valence-corrected chi connectivity index (χ4v) is 2.73. The molecule has 2 rings (SSSR count). The van der Waals surface area contributed by atoms with Crippen LogP contribution in [0.25, 0.3) is 0 Å². The molecule has 2 heterocycles. The number of aromatic nitrogens is 1. The van der Waals surface area contributed by atoms with E-state index in [1.807, 2.05) is 18.2 Å². The number of nitrogens with zero attached hydrogens (tertiary/aromatic N) is 2. The van der Waals surface area contributed by atoms with E-state index in [1.54, 1.807) is 13.2 Å². The molecule has 1 aromatic rings. The van der Waals surface area contributed by atoms with Gasteiger partial charge in [-0.1, -0.05) is 6.07 Å². The number of guanidine groups is 1. The molecule has 0 aromatic carbocycles. The Hall–Kier alpha value is -1.13. The minimum atomic E-state index is 0. The van der Waals surface area contributed by atoms with E-state index in [-0.39, 0.29) is 24.0 Å². The van der Waals surface area contributed by atoms with E-state index in [0.29, 0.717) is 6.10 Å². The molecule has 8 heteroatoms. The number of ether oxygens (including phenoxy) is 2. The van der Waals surface area contributed by atoms with Gasteiger partial charge >= 0.3 is 0 Å². The zero-order valence-corrected chi connectivity index (χ0v) is 18.6. The van der Waals surface area contributed by atoms with Gasteiger partial charge in [0.1, 0.15) is 5.82 Å². The molecule has 0 radical (unpaired) electrons. The average molecular weight is 491 g/mol. The van der Waals surface area contributed by atoms with Crippen LogP contribution in [0.5, 0.6) is 0 Å². The van der Waals surface area contributed by atoms with Gasteiger partial charge in [0.2, 0.25) is 0 Å². The molecule has 1 fully saturated rings. The van der Waals surface area contributed by atoms with Crippen LogP contribution in [0.15, 0.2) is 29.4 Å². The number of pyridine rings is 1. The maximum Gasteiger partial charge on any atom is 0.190 e. The molecule has 0 spiro atoms. The molecule has 0 saturated carbocycles. The van der Waals surface area contributed by atoms with Gasteiger partial charge < -0.3 is 25.4 Å². The van der Waals surface area contributed by atoms with Crippen molar-refractivity contribution in [3.05, 3.63) is 24.4 Å². The number of rotatable bonds is 12. The van der Waals surface area contributed by atoms with E-state index in [2.05, 4.69) is 25.9 Å². The minimum absolute atomic E-state index is 0. The van der Waals surface area contributed by atoms with Crippen LogP contribution in [0.2, 0.25) is 0 Å². The second kappa shape index (κ2) is 15.9. The molecule has 1 saturated heterocycles. The van der Waals surface area contributed by atoms with Crippen LogP contribution in [0.4, 0.5) is 5.82 Å². The Morgan fingerprint density at radius 3 is 2.74 bits per heavy atom. The van der Waals surface area contributed by atoms with Crippen molar-refractivity contribution < 1.29 is 9.47 Å². The third-order valence-corrected chi connectivity index (χ3v) is 4.18. The first kappa shape index (κ1) is 23.9. The maximum atomic E-state index is 5.66. The highest BCUT2D eigenvalue weighted by atomic mass is 127. The van der Waals surface area contributed by atoms with E-state index in [4.69, 9.17) is 9.47 Å². The summed E-state index contributed by atoms with van der Waals surface area (Å²) in [5.74, 6) is 1.78. The first-order chi connectivity index (χ1) is 12.9. The number of halogens is 1. The third-order valence-electron chi connectivity index (χ3n) is 4.18. The van der Waals surface area contributed by atoms with Crippen molar-refractivity contribution in [2.24, 2.45) is 4.99 Å². The second-order valence-corrected chi connectivity index (χ2v) is 6.34. The van der Waals surface area contributed by atoms with Gasteiger partial charge in [-0.2, -0.15) is 0 Å². The van der Waals surface area contributed by atoms with Crippen molar-refractivity contribution >= 4 is 35.8 Å². The van der Waals surface area contributed by atoms with E-state index >= 15 is 0 Å². The van der Waals surface area contributed by atoms with E-state index in [0.717, 1.165) is 83.3 Å². The number of nitrogens with one attached hydrogen (secondary N) is 3. The van der Waals surface area contributed by atoms with E-state index < -0.39 is 0 Å². The molecular weight excluding hydrogens is 457 g/mol. The maximum absolute atomic E-state index is 5.66. The summed E-state index contributed by atoms with van der Waals surface area (Å²) in [7, 11) is 1.80. The van der Waals surface area contributed by atoms with Crippen LogP contribution in [0.1, 0.15) is 32.1 Å². The van der Waals surface area contributed by atoms with Crippen LogP contribution in [-0.2, 0) is 9.47 Å². The molecule has 1 unspecified atom stereocenters. The topological polar surface area (TPSA) is 79.8 Å². The lowest BCUT2D eigenvalue weighted by molar-refractivity contribution is 0.0168. The summed E-state index contributed by atoms with van der Waals surface area (Å²) in [5.41, 5.74) is 0. The summed E-state index contributed by atoms with van der Waals surface area (Å²) in [6.45, 7) is 5.04. The quantitative estimate of drug-likeness (QED) is 0.181. The molecule has 3 N–H and O–H groups in total. The van der Waals surface area contributed by atoms with Crippen LogP contribution in [0.3, 0.4) is 0 Å². The van der Waals surface area contributed by atoms with Gasteiger partial charge in [-0.25, -0.2) is 4.98 Å². The summed E-state index contributed by atoms with van der Waals surface area (Å²) in [5, 5.41) is 9.97. The molecule has 1 aliphatic rings. The first-order valence-corrected chi connectivity index (χ1v) is 9.67. The fraction of sp³-hybridized carbons (Fsp3) is 0.684. The Balaban J connectivity index is 0.00000364. The Bertz CT molecular complexity index is 498. The Morgan fingerprint density at radius 1 is 1.22 bits per heavy atom. The van der Waals surface area contributed by atoms with Crippen molar-refractivity contribution in [2.45, 2.75) is 38.2 Å². The predicted molar refractivity (Wildman–Crippen MR) is 121 cm³/mol. The largest absolute Gasteiger partial charge is 0.379 e. The van der Waals surface area contributed by atoms with Gasteiger partial charge in [-0.15, -0.1) is 24.0 Å². The first-order valence-electron chi connectivity index (χ1n) is 9.67. The van der Waals surface area contributed by atoms with Crippen LogP contribution in [0, 0.1) is 0 Å². The molecular formula is C19H34IN5O2. The summed E-state index contributed by atoms with van der Waals surface area (Å²) in [6, 6.07) is 5.89. The number of aliphatic imine (C=N–C) groups is 1. The van der Waals surface area contributed by atoms with Crippen molar-refractivity contribution in [1.82, 2.24) is 15.6 Å². The third kappa shape index (κ3) is 11.3. The lowest BCUT2D eigenvalue weighted by Crippen LogP contribution is -2.38. The monoisotopic (exact) mass is 491 g/mol. The molecule has 0 aliphatic carbocycles. The van der Waals surface area contributed by atoms with Crippen LogP contribution < -0.4 is 16.0 Å². The lowest BCUT2D eigenvalue weighted by Gasteiger charge is -2.13. The van der Waals surface area contributed by atoms with Crippen molar-refractivity contribution in [1.29, 1.82) is 0 Å². The van der Waals surface area contributed by atoms with Crippen LogP contribution in [-0.4, -0.2) is 63.6 Å². The lowest BCUT2D eigenvalue weighted by atomic mass is 10.2. The molecule has 27 heavy (non-hydrogen) atoms. The molecule has 1 atom stereocenters. The summed E-state index contributed by atoms with van der Waals surface area (Å²) < 4.78 is 11.2. The van der Waals surface area contributed by atoms with E-state index in [9.17, 15) is 0 Å². The highest BCUT2D eigenvalue weighted by Gasteiger charge is 2.14.